The topological polar surface area (TPSA) is 29.1 Å². The zero-order valence-corrected chi connectivity index (χ0v) is 10.5. The fraction of sp³-hybridized carbons (Fsp3) is 0.188. The Morgan fingerprint density at radius 2 is 1.72 bits per heavy atom. The van der Waals surface area contributed by atoms with Crippen molar-refractivity contribution >= 4 is 12.0 Å². The lowest BCUT2D eigenvalue weighted by molar-refractivity contribution is 0.112. The third-order valence-electron chi connectivity index (χ3n) is 2.84. The minimum absolute atomic E-state index is 0.356. The van der Waals surface area contributed by atoms with E-state index in [1.807, 2.05) is 30.3 Å². The zero-order valence-electron chi connectivity index (χ0n) is 10.5. The fourth-order valence-electron chi connectivity index (χ4n) is 1.96. The Labute approximate surface area is 108 Å². The Kier molecular flexibility index (Phi) is 4.13. The molecule has 0 aliphatic heterocycles. The van der Waals surface area contributed by atoms with Gasteiger partial charge in [-0.1, -0.05) is 30.3 Å². The lowest BCUT2D eigenvalue weighted by Crippen LogP contribution is -2.17. The van der Waals surface area contributed by atoms with Gasteiger partial charge in [0.2, 0.25) is 0 Å². The molecule has 2 aromatic rings. The Morgan fingerprint density at radius 1 is 1.06 bits per heavy atom. The second kappa shape index (κ2) is 6.01. The monoisotopic (exact) mass is 239 g/mol. The number of benzene rings is 2. The van der Waals surface area contributed by atoms with Gasteiger partial charge in [0, 0.05) is 17.3 Å². The molecule has 0 fully saturated rings. The molecule has 1 N–H and O–H groups in total. The van der Waals surface area contributed by atoms with Crippen molar-refractivity contribution in [2.45, 2.75) is 19.4 Å². The lowest BCUT2D eigenvalue weighted by Gasteiger charge is -2.15. The molecule has 2 aromatic carbocycles. The quantitative estimate of drug-likeness (QED) is 0.808. The maximum absolute atomic E-state index is 10.6. The highest BCUT2D eigenvalue weighted by Crippen LogP contribution is 2.12. The van der Waals surface area contributed by atoms with Crippen molar-refractivity contribution in [3.05, 3.63) is 65.7 Å². The Bertz CT molecular complexity index is 490. The minimum atomic E-state index is 0.356. The van der Waals surface area contributed by atoms with Crippen LogP contribution in [0, 0.1) is 0 Å². The van der Waals surface area contributed by atoms with Crippen LogP contribution in [-0.4, -0.2) is 12.3 Å². The smallest absolute Gasteiger partial charge is 0.150 e. The number of anilines is 1. The van der Waals surface area contributed by atoms with E-state index in [1.54, 1.807) is 0 Å². The highest BCUT2D eigenvalue weighted by atomic mass is 16.1. The predicted molar refractivity (Wildman–Crippen MR) is 75.1 cm³/mol. The molecular weight excluding hydrogens is 222 g/mol. The standard InChI is InChI=1S/C16H17NO/c1-13(11-14-5-3-2-4-6-14)17-16-9-7-15(12-18)8-10-16/h2-10,12-13,17H,11H2,1H3. The van der Waals surface area contributed by atoms with Crippen LogP contribution in [0.3, 0.4) is 0 Å². The van der Waals surface area contributed by atoms with Gasteiger partial charge in [-0.2, -0.15) is 0 Å². The van der Waals surface area contributed by atoms with Crippen molar-refractivity contribution < 1.29 is 4.79 Å². The molecule has 0 radical (unpaired) electrons. The molecule has 2 nitrogen and oxygen atoms in total. The lowest BCUT2D eigenvalue weighted by atomic mass is 10.1. The van der Waals surface area contributed by atoms with Gasteiger partial charge >= 0.3 is 0 Å². The summed E-state index contributed by atoms with van der Waals surface area (Å²) >= 11 is 0. The van der Waals surface area contributed by atoms with E-state index in [-0.39, 0.29) is 0 Å². The molecular formula is C16H17NO. The average Bonchev–Trinajstić information content (AvgIpc) is 2.40. The van der Waals surface area contributed by atoms with Crippen molar-refractivity contribution in [1.29, 1.82) is 0 Å². The van der Waals surface area contributed by atoms with Gasteiger partial charge in [-0.15, -0.1) is 0 Å². The van der Waals surface area contributed by atoms with E-state index in [9.17, 15) is 4.79 Å². The summed E-state index contributed by atoms with van der Waals surface area (Å²) in [7, 11) is 0. The second-order valence-corrected chi connectivity index (χ2v) is 4.47. The third kappa shape index (κ3) is 3.45. The van der Waals surface area contributed by atoms with E-state index in [1.165, 1.54) is 5.56 Å². The van der Waals surface area contributed by atoms with Crippen LogP contribution in [0.2, 0.25) is 0 Å². The number of carbonyl (C=O) groups excluding carboxylic acids is 1. The molecule has 0 aliphatic rings. The molecule has 2 heteroatoms. The third-order valence-corrected chi connectivity index (χ3v) is 2.84. The van der Waals surface area contributed by atoms with Gasteiger partial charge < -0.3 is 5.32 Å². The number of carbonyl (C=O) groups is 1. The van der Waals surface area contributed by atoms with Gasteiger partial charge in [0.25, 0.3) is 0 Å². The second-order valence-electron chi connectivity index (χ2n) is 4.47. The van der Waals surface area contributed by atoms with Crippen LogP contribution in [0.5, 0.6) is 0 Å². The summed E-state index contributed by atoms with van der Waals surface area (Å²) in [5.74, 6) is 0. The molecule has 18 heavy (non-hydrogen) atoms. The molecule has 0 saturated heterocycles. The van der Waals surface area contributed by atoms with Crippen LogP contribution < -0.4 is 5.32 Å². The Balaban J connectivity index is 1.94. The van der Waals surface area contributed by atoms with Crippen molar-refractivity contribution in [1.82, 2.24) is 0 Å². The largest absolute Gasteiger partial charge is 0.382 e. The summed E-state index contributed by atoms with van der Waals surface area (Å²) < 4.78 is 0. The predicted octanol–water partition coefficient (Wildman–Crippen LogP) is 3.54. The van der Waals surface area contributed by atoms with Crippen molar-refractivity contribution in [2.75, 3.05) is 5.32 Å². The number of hydrogen-bond acceptors (Lipinski definition) is 2. The molecule has 0 amide bonds. The summed E-state index contributed by atoms with van der Waals surface area (Å²) in [6.07, 6.45) is 1.84. The van der Waals surface area contributed by atoms with Crippen LogP contribution in [0.4, 0.5) is 5.69 Å². The first-order valence-electron chi connectivity index (χ1n) is 6.13. The minimum Gasteiger partial charge on any atom is -0.382 e. The summed E-state index contributed by atoms with van der Waals surface area (Å²) in [6.45, 7) is 2.15. The maximum atomic E-state index is 10.6. The van der Waals surface area contributed by atoms with E-state index in [0.29, 0.717) is 11.6 Å². The van der Waals surface area contributed by atoms with Gasteiger partial charge in [-0.05, 0) is 43.2 Å². The molecule has 0 saturated carbocycles. The van der Waals surface area contributed by atoms with Crippen molar-refractivity contribution in [3.8, 4) is 0 Å². The van der Waals surface area contributed by atoms with Crippen LogP contribution in [0.25, 0.3) is 0 Å². The number of nitrogens with one attached hydrogen (secondary N) is 1. The normalized spacial score (nSPS) is 11.8. The van der Waals surface area contributed by atoms with Crippen molar-refractivity contribution in [2.24, 2.45) is 0 Å². The number of rotatable bonds is 5. The van der Waals surface area contributed by atoms with Crippen LogP contribution in [0.15, 0.2) is 54.6 Å². The molecule has 1 atom stereocenters. The molecule has 0 bridgehead atoms. The highest BCUT2D eigenvalue weighted by Gasteiger charge is 2.03. The molecule has 2 rings (SSSR count). The first kappa shape index (κ1) is 12.4. The highest BCUT2D eigenvalue weighted by molar-refractivity contribution is 5.75. The number of aldehydes is 1. The summed E-state index contributed by atoms with van der Waals surface area (Å²) in [5, 5.41) is 3.43. The van der Waals surface area contributed by atoms with E-state index in [4.69, 9.17) is 0 Å². The Morgan fingerprint density at radius 3 is 2.33 bits per heavy atom. The maximum Gasteiger partial charge on any atom is 0.150 e. The van der Waals surface area contributed by atoms with Crippen molar-refractivity contribution in [3.63, 3.8) is 0 Å². The van der Waals surface area contributed by atoms with E-state index >= 15 is 0 Å². The van der Waals surface area contributed by atoms with Crippen LogP contribution in [-0.2, 0) is 6.42 Å². The first-order valence-corrected chi connectivity index (χ1v) is 6.13. The van der Waals surface area contributed by atoms with Crippen LogP contribution in [0.1, 0.15) is 22.8 Å². The summed E-state index contributed by atoms with van der Waals surface area (Å²) in [6, 6.07) is 18.3. The summed E-state index contributed by atoms with van der Waals surface area (Å²) in [4.78, 5) is 10.6. The fourth-order valence-corrected chi connectivity index (χ4v) is 1.96. The Hall–Kier alpha value is -2.09. The van der Waals surface area contributed by atoms with Gasteiger partial charge in [0.05, 0.1) is 0 Å². The van der Waals surface area contributed by atoms with Gasteiger partial charge in [-0.25, -0.2) is 0 Å². The average molecular weight is 239 g/mol. The molecule has 0 aromatic heterocycles. The van der Waals surface area contributed by atoms with Gasteiger partial charge in [-0.3, -0.25) is 4.79 Å². The first-order chi connectivity index (χ1) is 8.78. The van der Waals surface area contributed by atoms with Gasteiger partial charge in [0.1, 0.15) is 6.29 Å². The van der Waals surface area contributed by atoms with E-state index in [0.717, 1.165) is 18.4 Å². The summed E-state index contributed by atoms with van der Waals surface area (Å²) in [5.41, 5.74) is 3.07. The molecule has 92 valence electrons. The zero-order chi connectivity index (χ0) is 12.8. The molecule has 0 aliphatic carbocycles. The SMILES string of the molecule is CC(Cc1ccccc1)Nc1ccc(C=O)cc1. The van der Waals surface area contributed by atoms with E-state index in [2.05, 4.69) is 36.5 Å². The van der Waals surface area contributed by atoms with E-state index < -0.39 is 0 Å². The number of hydrogen-bond donors (Lipinski definition) is 1. The molecule has 0 spiro atoms. The molecule has 0 heterocycles. The van der Waals surface area contributed by atoms with Crippen LogP contribution >= 0.6 is 0 Å². The van der Waals surface area contributed by atoms with Gasteiger partial charge in [0.15, 0.2) is 0 Å². The molecule has 1 unspecified atom stereocenters.